The van der Waals surface area contributed by atoms with E-state index in [9.17, 15) is 0 Å². The number of hydrogen-bond donors (Lipinski definition) is 0. The molecule has 0 spiro atoms. The van der Waals surface area contributed by atoms with Crippen molar-refractivity contribution in [2.75, 3.05) is 0 Å². The first-order valence-electron chi connectivity index (χ1n) is 9.89. The average Bonchev–Trinajstić information content (AvgIpc) is 3.15. The smallest absolute Gasteiger partial charge is 0.231 e. The third-order valence-corrected chi connectivity index (χ3v) is 4.98. The lowest BCUT2D eigenvalue weighted by Crippen LogP contribution is -1.89. The van der Waals surface area contributed by atoms with E-state index in [1.165, 1.54) is 5.57 Å². The quantitative estimate of drug-likeness (QED) is 0.363. The van der Waals surface area contributed by atoms with Gasteiger partial charge in [-0.3, -0.25) is 0 Å². The van der Waals surface area contributed by atoms with Crippen molar-refractivity contribution in [2.45, 2.75) is 33.1 Å². The Morgan fingerprint density at radius 1 is 0.893 bits per heavy atom. The van der Waals surface area contributed by atoms with Gasteiger partial charge >= 0.3 is 0 Å². The molecule has 0 saturated heterocycles. The fraction of sp³-hybridized carbons (Fsp3) is 0.200. The van der Waals surface area contributed by atoms with E-state index in [0.29, 0.717) is 5.71 Å². The third-order valence-electron chi connectivity index (χ3n) is 4.98. The van der Waals surface area contributed by atoms with Crippen molar-refractivity contribution >= 4 is 17.2 Å². The molecule has 0 fully saturated rings. The van der Waals surface area contributed by atoms with Crippen molar-refractivity contribution in [2.24, 2.45) is 0 Å². The molecule has 0 atom stereocenters. The number of hydrogen-bond acceptors (Lipinski definition) is 3. The highest BCUT2D eigenvalue weighted by molar-refractivity contribution is 6.03. The van der Waals surface area contributed by atoms with Gasteiger partial charge in [0.15, 0.2) is 0 Å². The Labute approximate surface area is 165 Å². The average molecular weight is 368 g/mol. The van der Waals surface area contributed by atoms with E-state index in [0.717, 1.165) is 52.8 Å². The third kappa shape index (κ3) is 3.48. The summed E-state index contributed by atoms with van der Waals surface area (Å²) in [6.45, 7) is 4.41. The molecular weight excluding hydrogens is 344 g/mol. The minimum Gasteiger partial charge on any atom is -0.437 e. The van der Waals surface area contributed by atoms with Crippen LogP contribution in [0.15, 0.2) is 77.0 Å². The van der Waals surface area contributed by atoms with E-state index in [-0.39, 0.29) is 0 Å². The van der Waals surface area contributed by atoms with Gasteiger partial charge in [0.05, 0.1) is 11.1 Å². The van der Waals surface area contributed by atoms with Gasteiger partial charge in [-0.1, -0.05) is 86.5 Å². The highest BCUT2D eigenvalue weighted by Gasteiger charge is 2.21. The molecule has 3 heteroatoms. The number of allylic oxidation sites excluding steroid dienone is 1. The van der Waals surface area contributed by atoms with E-state index in [1.54, 1.807) is 6.33 Å². The normalized spacial score (nSPS) is 11.9. The molecule has 0 amide bonds. The summed E-state index contributed by atoms with van der Waals surface area (Å²) in [4.78, 5) is 9.07. The van der Waals surface area contributed by atoms with Crippen molar-refractivity contribution < 1.29 is 4.42 Å². The fourth-order valence-electron chi connectivity index (χ4n) is 3.60. The molecule has 4 aromatic rings. The molecule has 0 radical (unpaired) electrons. The largest absolute Gasteiger partial charge is 0.437 e. The van der Waals surface area contributed by atoms with Gasteiger partial charge in [0.1, 0.15) is 12.1 Å². The molecule has 0 N–H and O–H groups in total. The van der Waals surface area contributed by atoms with E-state index in [4.69, 9.17) is 4.42 Å². The number of benzene rings is 2. The Hall–Kier alpha value is -3.20. The molecule has 0 unspecified atom stereocenters. The maximum Gasteiger partial charge on any atom is 0.231 e. The van der Waals surface area contributed by atoms with Crippen molar-refractivity contribution in [3.8, 4) is 22.5 Å². The summed E-state index contributed by atoms with van der Waals surface area (Å²) in [6.07, 6.45) is 7.03. The zero-order valence-electron chi connectivity index (χ0n) is 16.4. The molecule has 4 rings (SSSR count). The molecule has 2 aromatic carbocycles. The lowest BCUT2D eigenvalue weighted by Gasteiger charge is -2.06. The number of aromatic nitrogens is 2. The van der Waals surface area contributed by atoms with Crippen LogP contribution in [0.25, 0.3) is 39.6 Å². The number of rotatable bonds is 6. The topological polar surface area (TPSA) is 38.9 Å². The van der Waals surface area contributed by atoms with Crippen LogP contribution in [0.4, 0.5) is 0 Å². The van der Waals surface area contributed by atoms with Gasteiger partial charge in [0, 0.05) is 11.1 Å². The highest BCUT2D eigenvalue weighted by Crippen LogP contribution is 2.41. The Morgan fingerprint density at radius 3 is 2.21 bits per heavy atom. The first kappa shape index (κ1) is 18.2. The standard InChI is InChI=1S/C25H24N2O/c1-3-11-18(4-2)16-21-23-22(19-12-7-5-8-13-19)24(20-14-9-6-10-15-20)28-25(23)27-17-26-21/h5-10,12-17H,3-4,11H2,1-2H3/b18-16+. The summed E-state index contributed by atoms with van der Waals surface area (Å²) in [5.41, 5.74) is 6.16. The van der Waals surface area contributed by atoms with Crippen LogP contribution in [0.2, 0.25) is 0 Å². The van der Waals surface area contributed by atoms with Gasteiger partial charge in [0.25, 0.3) is 0 Å². The Kier molecular flexibility index (Phi) is 5.34. The van der Waals surface area contributed by atoms with Crippen molar-refractivity contribution in [1.82, 2.24) is 9.97 Å². The molecule has 0 bridgehead atoms. The highest BCUT2D eigenvalue weighted by atomic mass is 16.3. The number of fused-ring (bicyclic) bond motifs is 1. The summed E-state index contributed by atoms with van der Waals surface area (Å²) in [5.74, 6) is 0.838. The minimum atomic E-state index is 0.630. The Balaban J connectivity index is 2.03. The molecule has 0 aliphatic carbocycles. The van der Waals surface area contributed by atoms with Crippen LogP contribution in [0.1, 0.15) is 38.8 Å². The summed E-state index contributed by atoms with van der Waals surface area (Å²) in [7, 11) is 0. The zero-order valence-corrected chi connectivity index (χ0v) is 16.4. The first-order valence-corrected chi connectivity index (χ1v) is 9.89. The van der Waals surface area contributed by atoms with E-state index < -0.39 is 0 Å². The van der Waals surface area contributed by atoms with Crippen LogP contribution in [0.5, 0.6) is 0 Å². The van der Waals surface area contributed by atoms with Crippen LogP contribution in [-0.2, 0) is 0 Å². The van der Waals surface area contributed by atoms with Crippen LogP contribution in [0.3, 0.4) is 0 Å². The van der Waals surface area contributed by atoms with Crippen molar-refractivity contribution in [1.29, 1.82) is 0 Å². The molecule has 2 heterocycles. The van der Waals surface area contributed by atoms with Gasteiger partial charge in [-0.15, -0.1) is 0 Å². The van der Waals surface area contributed by atoms with Crippen LogP contribution < -0.4 is 0 Å². The van der Waals surface area contributed by atoms with Gasteiger partial charge in [-0.2, -0.15) is 0 Å². The van der Waals surface area contributed by atoms with Crippen molar-refractivity contribution in [3.05, 3.63) is 78.3 Å². The second-order valence-corrected chi connectivity index (χ2v) is 6.88. The molecule has 3 nitrogen and oxygen atoms in total. The zero-order chi connectivity index (χ0) is 19.3. The van der Waals surface area contributed by atoms with E-state index >= 15 is 0 Å². The van der Waals surface area contributed by atoms with E-state index in [2.05, 4.69) is 66.3 Å². The summed E-state index contributed by atoms with van der Waals surface area (Å²) < 4.78 is 6.28. The number of furan rings is 1. The number of nitrogens with zero attached hydrogens (tertiary/aromatic N) is 2. The molecule has 0 aliphatic heterocycles. The van der Waals surface area contributed by atoms with Crippen LogP contribution >= 0.6 is 0 Å². The SMILES string of the molecule is CCC/C(=C/c1ncnc2oc(-c3ccccc3)c(-c3ccccc3)c12)CC. The molecule has 28 heavy (non-hydrogen) atoms. The Morgan fingerprint density at radius 2 is 1.57 bits per heavy atom. The van der Waals surface area contributed by atoms with Gasteiger partial charge in [-0.25, -0.2) is 9.97 Å². The van der Waals surface area contributed by atoms with Gasteiger partial charge < -0.3 is 4.42 Å². The molecular formula is C25H24N2O. The first-order chi connectivity index (χ1) is 13.8. The van der Waals surface area contributed by atoms with Gasteiger partial charge in [-0.05, 0) is 24.5 Å². The summed E-state index contributed by atoms with van der Waals surface area (Å²) in [5, 5.41) is 0.981. The van der Waals surface area contributed by atoms with Crippen molar-refractivity contribution in [3.63, 3.8) is 0 Å². The molecule has 0 saturated carbocycles. The molecule has 0 aliphatic rings. The predicted octanol–water partition coefficient (Wildman–Crippen LogP) is 7.15. The lowest BCUT2D eigenvalue weighted by atomic mass is 9.97. The molecule has 2 aromatic heterocycles. The van der Waals surface area contributed by atoms with Crippen LogP contribution in [-0.4, -0.2) is 9.97 Å². The second kappa shape index (κ2) is 8.22. The lowest BCUT2D eigenvalue weighted by molar-refractivity contribution is 0.618. The maximum atomic E-state index is 6.28. The van der Waals surface area contributed by atoms with E-state index in [1.807, 2.05) is 24.3 Å². The molecule has 140 valence electrons. The monoisotopic (exact) mass is 368 g/mol. The minimum absolute atomic E-state index is 0.630. The summed E-state index contributed by atoms with van der Waals surface area (Å²) in [6, 6.07) is 20.6. The fourth-order valence-corrected chi connectivity index (χ4v) is 3.60. The maximum absolute atomic E-state index is 6.28. The Bertz CT molecular complexity index is 1100. The second-order valence-electron chi connectivity index (χ2n) is 6.88. The summed E-state index contributed by atoms with van der Waals surface area (Å²) >= 11 is 0. The van der Waals surface area contributed by atoms with Gasteiger partial charge in [0.2, 0.25) is 5.71 Å². The van der Waals surface area contributed by atoms with Crippen LogP contribution in [0, 0.1) is 0 Å². The predicted molar refractivity (Wildman–Crippen MR) is 116 cm³/mol.